The van der Waals surface area contributed by atoms with Crippen LogP contribution in [0.15, 0.2) is 24.3 Å². The molecule has 0 aliphatic rings. The van der Waals surface area contributed by atoms with E-state index >= 15 is 0 Å². The molecule has 0 heterocycles. The quantitative estimate of drug-likeness (QED) is 0.528. The summed E-state index contributed by atoms with van der Waals surface area (Å²) in [4.78, 5) is 11.8. The van der Waals surface area contributed by atoms with E-state index in [0.717, 1.165) is 5.69 Å². The van der Waals surface area contributed by atoms with Gasteiger partial charge in [0, 0.05) is 40.1 Å². The summed E-state index contributed by atoms with van der Waals surface area (Å²) in [5.74, 6) is 5.11. The maximum Gasteiger partial charge on any atom is 0.251 e. The summed E-state index contributed by atoms with van der Waals surface area (Å²) < 4.78 is 11.1. The molecule has 18 heavy (non-hydrogen) atoms. The fourth-order valence-corrected chi connectivity index (χ4v) is 1.82. The van der Waals surface area contributed by atoms with E-state index in [1.807, 2.05) is 6.92 Å². The third-order valence-corrected chi connectivity index (χ3v) is 4.09. The Hall–Kier alpha value is -1.40. The van der Waals surface area contributed by atoms with Gasteiger partial charge in [-0.3, -0.25) is 14.8 Å². The van der Waals surface area contributed by atoms with Gasteiger partial charge >= 0.3 is 0 Å². The van der Waals surface area contributed by atoms with Gasteiger partial charge in [0.2, 0.25) is 0 Å². The molecule has 0 saturated heterocycles. The SMILES string of the molecule is CC(CCNC(=O)c1ccc(NN)cc1)S(C)=O. The summed E-state index contributed by atoms with van der Waals surface area (Å²) in [5, 5.41) is 2.89. The van der Waals surface area contributed by atoms with Crippen molar-refractivity contribution in [3.63, 3.8) is 0 Å². The number of carbonyl (C=O) groups is 1. The molecule has 1 aromatic carbocycles. The Bertz CT molecular complexity index is 420. The van der Waals surface area contributed by atoms with Crippen molar-refractivity contribution in [1.29, 1.82) is 0 Å². The number of hydrazine groups is 1. The second-order valence-corrected chi connectivity index (χ2v) is 5.88. The van der Waals surface area contributed by atoms with Gasteiger partial charge < -0.3 is 10.7 Å². The molecular weight excluding hydrogens is 250 g/mol. The molecule has 0 aliphatic heterocycles. The summed E-state index contributed by atoms with van der Waals surface area (Å²) in [6, 6.07) is 6.87. The molecule has 1 rings (SSSR count). The standard InChI is InChI=1S/C12H19N3O2S/c1-9(18(2)17)7-8-14-12(16)10-3-5-11(15-13)6-4-10/h3-6,9,15H,7-8,13H2,1-2H3,(H,14,16). The highest BCUT2D eigenvalue weighted by Crippen LogP contribution is 2.07. The first-order valence-electron chi connectivity index (χ1n) is 5.71. The average molecular weight is 269 g/mol. The van der Waals surface area contributed by atoms with Crippen LogP contribution in [0.1, 0.15) is 23.7 Å². The van der Waals surface area contributed by atoms with Gasteiger partial charge in [0.25, 0.3) is 5.91 Å². The van der Waals surface area contributed by atoms with Crippen LogP contribution in [-0.4, -0.2) is 28.2 Å². The van der Waals surface area contributed by atoms with Crippen molar-refractivity contribution in [3.05, 3.63) is 29.8 Å². The van der Waals surface area contributed by atoms with E-state index in [0.29, 0.717) is 18.5 Å². The number of nitrogens with one attached hydrogen (secondary N) is 2. The minimum Gasteiger partial charge on any atom is -0.352 e. The van der Waals surface area contributed by atoms with Crippen LogP contribution in [0.3, 0.4) is 0 Å². The summed E-state index contributed by atoms with van der Waals surface area (Å²) in [5.41, 5.74) is 3.83. The molecule has 0 aromatic heterocycles. The van der Waals surface area contributed by atoms with E-state index < -0.39 is 10.8 Å². The van der Waals surface area contributed by atoms with E-state index in [1.165, 1.54) is 0 Å². The lowest BCUT2D eigenvalue weighted by Gasteiger charge is -2.09. The van der Waals surface area contributed by atoms with Gasteiger partial charge in [0.1, 0.15) is 0 Å². The Labute approximate surface area is 110 Å². The molecule has 0 bridgehead atoms. The van der Waals surface area contributed by atoms with Gasteiger partial charge in [-0.1, -0.05) is 6.92 Å². The van der Waals surface area contributed by atoms with Gasteiger partial charge in [-0.2, -0.15) is 0 Å². The van der Waals surface area contributed by atoms with Crippen LogP contribution >= 0.6 is 0 Å². The zero-order chi connectivity index (χ0) is 13.5. The van der Waals surface area contributed by atoms with E-state index in [2.05, 4.69) is 10.7 Å². The smallest absolute Gasteiger partial charge is 0.251 e. The largest absolute Gasteiger partial charge is 0.352 e. The highest BCUT2D eigenvalue weighted by Gasteiger charge is 2.08. The van der Waals surface area contributed by atoms with Crippen molar-refractivity contribution >= 4 is 22.4 Å². The zero-order valence-corrected chi connectivity index (χ0v) is 11.4. The average Bonchev–Trinajstić information content (AvgIpc) is 2.38. The molecule has 1 amide bonds. The van der Waals surface area contributed by atoms with Crippen molar-refractivity contribution in [2.45, 2.75) is 18.6 Å². The molecule has 0 radical (unpaired) electrons. The van der Waals surface area contributed by atoms with Crippen molar-refractivity contribution in [3.8, 4) is 0 Å². The lowest BCUT2D eigenvalue weighted by Crippen LogP contribution is -2.27. The second kappa shape index (κ2) is 7.13. The van der Waals surface area contributed by atoms with Crippen LogP contribution in [0.25, 0.3) is 0 Å². The van der Waals surface area contributed by atoms with Gasteiger partial charge in [-0.25, -0.2) is 0 Å². The Morgan fingerprint density at radius 3 is 2.50 bits per heavy atom. The molecule has 2 atom stereocenters. The summed E-state index contributed by atoms with van der Waals surface area (Å²) in [6.45, 7) is 2.43. The van der Waals surface area contributed by atoms with Crippen LogP contribution < -0.4 is 16.6 Å². The zero-order valence-electron chi connectivity index (χ0n) is 10.6. The van der Waals surface area contributed by atoms with Crippen molar-refractivity contribution in [2.75, 3.05) is 18.2 Å². The summed E-state index contributed by atoms with van der Waals surface area (Å²) in [6.07, 6.45) is 2.38. The van der Waals surface area contributed by atoms with E-state index in [1.54, 1.807) is 30.5 Å². The Morgan fingerprint density at radius 2 is 2.00 bits per heavy atom. The van der Waals surface area contributed by atoms with Crippen LogP contribution in [-0.2, 0) is 10.8 Å². The fourth-order valence-electron chi connectivity index (χ4n) is 1.37. The summed E-state index contributed by atoms with van der Waals surface area (Å²) >= 11 is 0. The van der Waals surface area contributed by atoms with Crippen molar-refractivity contribution in [1.82, 2.24) is 5.32 Å². The lowest BCUT2D eigenvalue weighted by atomic mass is 10.2. The minimum absolute atomic E-state index is 0.0918. The Morgan fingerprint density at radius 1 is 1.39 bits per heavy atom. The van der Waals surface area contributed by atoms with Gasteiger partial charge in [0.05, 0.1) is 0 Å². The molecule has 0 spiro atoms. The molecule has 100 valence electrons. The van der Waals surface area contributed by atoms with Crippen LogP contribution in [0.5, 0.6) is 0 Å². The number of nitrogens with two attached hydrogens (primary N) is 1. The maximum atomic E-state index is 11.8. The predicted octanol–water partition coefficient (Wildman–Crippen LogP) is 0.859. The van der Waals surface area contributed by atoms with Crippen LogP contribution in [0, 0.1) is 0 Å². The third-order valence-electron chi connectivity index (χ3n) is 2.72. The van der Waals surface area contributed by atoms with Gasteiger partial charge in [-0.15, -0.1) is 0 Å². The molecule has 0 saturated carbocycles. The number of hydrogen-bond donors (Lipinski definition) is 3. The van der Waals surface area contributed by atoms with Crippen LogP contribution in [0.4, 0.5) is 5.69 Å². The van der Waals surface area contributed by atoms with E-state index in [4.69, 9.17) is 5.84 Å². The first-order chi connectivity index (χ1) is 8.54. The molecule has 1 aromatic rings. The fraction of sp³-hybridized carbons (Fsp3) is 0.417. The van der Waals surface area contributed by atoms with Gasteiger partial charge in [-0.05, 0) is 30.7 Å². The third kappa shape index (κ3) is 4.46. The maximum absolute atomic E-state index is 11.8. The Kier molecular flexibility index (Phi) is 5.80. The molecule has 4 N–H and O–H groups in total. The molecule has 5 nitrogen and oxygen atoms in total. The number of carbonyl (C=O) groups excluding carboxylic acids is 1. The summed E-state index contributed by atoms with van der Waals surface area (Å²) in [7, 11) is -0.847. The highest BCUT2D eigenvalue weighted by molar-refractivity contribution is 7.84. The van der Waals surface area contributed by atoms with Crippen LogP contribution in [0.2, 0.25) is 0 Å². The number of amides is 1. The number of rotatable bonds is 6. The van der Waals surface area contributed by atoms with Crippen molar-refractivity contribution in [2.24, 2.45) is 5.84 Å². The van der Waals surface area contributed by atoms with E-state index in [-0.39, 0.29) is 11.2 Å². The monoisotopic (exact) mass is 269 g/mol. The molecule has 6 heteroatoms. The number of anilines is 1. The molecular formula is C12H19N3O2S. The second-order valence-electron chi connectivity index (χ2n) is 4.08. The number of hydrogen-bond acceptors (Lipinski definition) is 4. The first kappa shape index (κ1) is 14.7. The van der Waals surface area contributed by atoms with Gasteiger partial charge in [0.15, 0.2) is 0 Å². The lowest BCUT2D eigenvalue weighted by molar-refractivity contribution is 0.0953. The van der Waals surface area contributed by atoms with Crippen molar-refractivity contribution < 1.29 is 9.00 Å². The highest BCUT2D eigenvalue weighted by atomic mass is 32.2. The molecule has 0 fully saturated rings. The minimum atomic E-state index is -0.847. The topological polar surface area (TPSA) is 84.2 Å². The molecule has 0 aliphatic carbocycles. The number of benzene rings is 1. The predicted molar refractivity (Wildman–Crippen MR) is 74.7 cm³/mol. The molecule has 2 unspecified atom stereocenters. The normalized spacial score (nSPS) is 13.7. The van der Waals surface area contributed by atoms with E-state index in [9.17, 15) is 9.00 Å². The number of nitrogen functional groups attached to an aromatic ring is 1. The Balaban J connectivity index is 2.42. The first-order valence-corrected chi connectivity index (χ1v) is 7.34.